The van der Waals surface area contributed by atoms with Crippen LogP contribution in [0.1, 0.15) is 56.2 Å². The minimum Gasteiger partial charge on any atom is -0.496 e. The van der Waals surface area contributed by atoms with E-state index in [4.69, 9.17) is 4.74 Å². The summed E-state index contributed by atoms with van der Waals surface area (Å²) < 4.78 is 5.35. The molecule has 2 rings (SSSR count). The molecule has 0 aliphatic heterocycles. The van der Waals surface area contributed by atoms with E-state index in [-0.39, 0.29) is 6.03 Å². The van der Waals surface area contributed by atoms with E-state index in [1.54, 1.807) is 7.11 Å². The van der Waals surface area contributed by atoms with Crippen molar-refractivity contribution in [1.29, 1.82) is 0 Å². The van der Waals surface area contributed by atoms with E-state index < -0.39 is 0 Å². The zero-order chi connectivity index (χ0) is 19.1. The van der Waals surface area contributed by atoms with Gasteiger partial charge in [0.15, 0.2) is 0 Å². The maximum absolute atomic E-state index is 12.5. The van der Waals surface area contributed by atoms with Crippen molar-refractivity contribution in [2.45, 2.75) is 46.0 Å². The molecule has 0 heterocycles. The smallest absolute Gasteiger partial charge is 0.319 e. The highest BCUT2D eigenvalue weighted by Gasteiger charge is 2.15. The van der Waals surface area contributed by atoms with Gasteiger partial charge in [-0.3, -0.25) is 0 Å². The Kier molecular flexibility index (Phi) is 7.07. The lowest BCUT2D eigenvalue weighted by molar-refractivity contribution is 0.252. The lowest BCUT2D eigenvalue weighted by Gasteiger charge is -2.20. The number of methoxy groups -OCH3 is 1. The van der Waals surface area contributed by atoms with Crippen molar-refractivity contribution < 1.29 is 9.53 Å². The van der Waals surface area contributed by atoms with Crippen molar-refractivity contribution in [3.05, 3.63) is 59.2 Å². The number of benzene rings is 2. The Morgan fingerprint density at radius 2 is 1.58 bits per heavy atom. The fourth-order valence-electron chi connectivity index (χ4n) is 3.07. The van der Waals surface area contributed by atoms with Crippen molar-refractivity contribution in [3.8, 4) is 5.75 Å². The Labute approximate surface area is 157 Å². The molecule has 2 aromatic carbocycles. The van der Waals surface area contributed by atoms with Crippen molar-refractivity contribution in [3.63, 3.8) is 0 Å². The van der Waals surface area contributed by atoms with E-state index >= 15 is 0 Å². The Bertz CT molecular complexity index is 712. The summed E-state index contributed by atoms with van der Waals surface area (Å²) in [5, 5.41) is 6.03. The van der Waals surface area contributed by atoms with Crippen LogP contribution in [0.25, 0.3) is 0 Å². The molecule has 2 amide bonds. The van der Waals surface area contributed by atoms with Crippen LogP contribution in [0.15, 0.2) is 42.5 Å². The number of para-hydroxylation sites is 2. The normalized spacial score (nSPS) is 10.9. The number of carbonyl (C=O) groups is 1. The van der Waals surface area contributed by atoms with Crippen LogP contribution in [0.4, 0.5) is 10.5 Å². The minimum atomic E-state index is -0.171. The fraction of sp³-hybridized carbons (Fsp3) is 0.409. The predicted molar refractivity (Wildman–Crippen MR) is 108 cm³/mol. The summed E-state index contributed by atoms with van der Waals surface area (Å²) in [5.41, 5.74) is 4.35. The number of anilines is 1. The van der Waals surface area contributed by atoms with Gasteiger partial charge in [-0.1, -0.05) is 64.1 Å². The standard InChI is InChI=1S/C22H30N2O2/c1-15(2)18-10-8-11-19(16(3)4)21(18)24-22(25)23-14-13-17-9-6-7-12-20(17)26-5/h6-12,15-16H,13-14H2,1-5H3,(H2,23,24,25). The summed E-state index contributed by atoms with van der Waals surface area (Å²) in [6.45, 7) is 9.12. The lowest BCUT2D eigenvalue weighted by atomic mass is 9.93. The topological polar surface area (TPSA) is 50.4 Å². The number of nitrogens with one attached hydrogen (secondary N) is 2. The van der Waals surface area contributed by atoms with Gasteiger partial charge >= 0.3 is 6.03 Å². The molecule has 0 radical (unpaired) electrons. The summed E-state index contributed by atoms with van der Waals surface area (Å²) in [7, 11) is 1.66. The van der Waals surface area contributed by atoms with E-state index in [0.29, 0.717) is 18.4 Å². The molecule has 0 fully saturated rings. The predicted octanol–water partition coefficient (Wildman–Crippen LogP) is 5.31. The second-order valence-electron chi connectivity index (χ2n) is 7.06. The van der Waals surface area contributed by atoms with Crippen LogP contribution in [-0.2, 0) is 6.42 Å². The number of carbonyl (C=O) groups excluding carboxylic acids is 1. The Morgan fingerprint density at radius 3 is 2.15 bits per heavy atom. The van der Waals surface area contributed by atoms with Gasteiger partial charge in [-0.2, -0.15) is 0 Å². The first-order valence-electron chi connectivity index (χ1n) is 9.23. The van der Waals surface area contributed by atoms with Crippen LogP contribution in [0.3, 0.4) is 0 Å². The van der Waals surface area contributed by atoms with Gasteiger partial charge in [0.25, 0.3) is 0 Å². The van der Waals surface area contributed by atoms with Crippen LogP contribution in [0.2, 0.25) is 0 Å². The molecule has 0 bridgehead atoms. The molecular weight excluding hydrogens is 324 g/mol. The Morgan fingerprint density at radius 1 is 0.962 bits per heavy atom. The van der Waals surface area contributed by atoms with E-state index in [0.717, 1.165) is 34.5 Å². The highest BCUT2D eigenvalue weighted by atomic mass is 16.5. The van der Waals surface area contributed by atoms with Gasteiger partial charge in [0.1, 0.15) is 5.75 Å². The molecule has 4 heteroatoms. The molecule has 0 saturated carbocycles. The quantitative estimate of drug-likeness (QED) is 0.708. The van der Waals surface area contributed by atoms with Gasteiger partial charge in [-0.05, 0) is 41.0 Å². The summed E-state index contributed by atoms with van der Waals surface area (Å²) in [6, 6.07) is 13.9. The van der Waals surface area contributed by atoms with Gasteiger partial charge in [0.2, 0.25) is 0 Å². The molecule has 4 nitrogen and oxygen atoms in total. The van der Waals surface area contributed by atoms with E-state index in [1.165, 1.54) is 0 Å². The largest absolute Gasteiger partial charge is 0.496 e. The summed E-state index contributed by atoms with van der Waals surface area (Å²) >= 11 is 0. The van der Waals surface area contributed by atoms with Crippen molar-refractivity contribution in [2.75, 3.05) is 19.0 Å². The molecule has 0 aromatic heterocycles. The monoisotopic (exact) mass is 354 g/mol. The third kappa shape index (κ3) is 5.01. The molecule has 2 aromatic rings. The fourth-order valence-corrected chi connectivity index (χ4v) is 3.07. The third-order valence-electron chi connectivity index (χ3n) is 4.48. The van der Waals surface area contributed by atoms with Gasteiger partial charge in [-0.15, -0.1) is 0 Å². The molecular formula is C22H30N2O2. The lowest BCUT2D eigenvalue weighted by Crippen LogP contribution is -2.31. The van der Waals surface area contributed by atoms with Crippen molar-refractivity contribution >= 4 is 11.7 Å². The molecule has 0 saturated heterocycles. The van der Waals surface area contributed by atoms with Gasteiger partial charge < -0.3 is 15.4 Å². The maximum Gasteiger partial charge on any atom is 0.319 e. The van der Waals surface area contributed by atoms with Crippen LogP contribution in [-0.4, -0.2) is 19.7 Å². The van der Waals surface area contributed by atoms with Crippen molar-refractivity contribution in [2.24, 2.45) is 0 Å². The van der Waals surface area contributed by atoms with E-state index in [1.807, 2.05) is 24.3 Å². The molecule has 0 unspecified atom stereocenters. The molecule has 2 N–H and O–H groups in total. The molecule has 140 valence electrons. The maximum atomic E-state index is 12.5. The number of amides is 2. The molecule has 26 heavy (non-hydrogen) atoms. The van der Waals surface area contributed by atoms with Gasteiger partial charge in [-0.25, -0.2) is 4.79 Å². The number of hydrogen-bond donors (Lipinski definition) is 2. The number of urea groups is 1. The van der Waals surface area contributed by atoms with Gasteiger partial charge in [0.05, 0.1) is 7.11 Å². The van der Waals surface area contributed by atoms with Crippen LogP contribution < -0.4 is 15.4 Å². The average Bonchev–Trinajstić information content (AvgIpc) is 2.61. The average molecular weight is 354 g/mol. The number of ether oxygens (including phenoxy) is 1. The summed E-state index contributed by atoms with van der Waals surface area (Å²) in [6.07, 6.45) is 0.723. The Hall–Kier alpha value is -2.49. The first-order valence-corrected chi connectivity index (χ1v) is 9.23. The minimum absolute atomic E-state index is 0.171. The summed E-state index contributed by atoms with van der Waals surface area (Å²) in [4.78, 5) is 12.5. The number of hydrogen-bond acceptors (Lipinski definition) is 2. The zero-order valence-electron chi connectivity index (χ0n) is 16.4. The molecule has 0 spiro atoms. The highest BCUT2D eigenvalue weighted by molar-refractivity contribution is 5.91. The van der Waals surface area contributed by atoms with Gasteiger partial charge in [0, 0.05) is 12.2 Å². The van der Waals surface area contributed by atoms with E-state index in [9.17, 15) is 4.79 Å². The van der Waals surface area contributed by atoms with Crippen LogP contribution >= 0.6 is 0 Å². The second kappa shape index (κ2) is 9.27. The Balaban J connectivity index is 2.04. The van der Waals surface area contributed by atoms with E-state index in [2.05, 4.69) is 56.5 Å². The highest BCUT2D eigenvalue weighted by Crippen LogP contribution is 2.32. The summed E-state index contributed by atoms with van der Waals surface area (Å²) in [5.74, 6) is 1.54. The van der Waals surface area contributed by atoms with Crippen LogP contribution in [0, 0.1) is 0 Å². The van der Waals surface area contributed by atoms with Crippen LogP contribution in [0.5, 0.6) is 5.75 Å². The number of rotatable bonds is 7. The molecule has 0 atom stereocenters. The molecule has 0 aliphatic carbocycles. The first-order chi connectivity index (χ1) is 12.4. The third-order valence-corrected chi connectivity index (χ3v) is 4.48. The SMILES string of the molecule is COc1ccccc1CCNC(=O)Nc1c(C(C)C)cccc1C(C)C. The molecule has 0 aliphatic rings. The second-order valence-corrected chi connectivity index (χ2v) is 7.06. The first kappa shape index (κ1) is 19.8. The zero-order valence-corrected chi connectivity index (χ0v) is 16.4. The van der Waals surface area contributed by atoms with Crippen molar-refractivity contribution in [1.82, 2.24) is 5.32 Å².